The summed E-state index contributed by atoms with van der Waals surface area (Å²) in [6, 6.07) is 1.90. The highest BCUT2D eigenvalue weighted by Gasteiger charge is 2.18. The Morgan fingerprint density at radius 1 is 1.48 bits per heavy atom. The molecule has 1 aromatic rings. The van der Waals surface area contributed by atoms with Gasteiger partial charge in [0.05, 0.1) is 23.4 Å². The van der Waals surface area contributed by atoms with Gasteiger partial charge < -0.3 is 19.5 Å². The Labute approximate surface area is 167 Å². The Balaban J connectivity index is 1.76. The molecule has 10 heteroatoms. The van der Waals surface area contributed by atoms with Crippen LogP contribution in [0.3, 0.4) is 0 Å². The summed E-state index contributed by atoms with van der Waals surface area (Å²) in [6.45, 7) is 1.92. The van der Waals surface area contributed by atoms with Gasteiger partial charge in [0.25, 0.3) is 0 Å². The van der Waals surface area contributed by atoms with Crippen LogP contribution < -0.4 is 10.0 Å². The number of aromatic nitrogens is 1. The first kappa shape index (κ1) is 22.0. The molecule has 0 bridgehead atoms. The second kappa shape index (κ2) is 10.3. The van der Waals surface area contributed by atoms with Crippen LogP contribution in [-0.2, 0) is 28.4 Å². The van der Waals surface area contributed by atoms with Gasteiger partial charge >= 0.3 is 0 Å². The zero-order chi connectivity index (χ0) is 19.9. The Morgan fingerprint density at radius 2 is 2.26 bits per heavy atom. The van der Waals surface area contributed by atoms with Gasteiger partial charge in [-0.25, -0.2) is 13.1 Å². The van der Waals surface area contributed by atoms with Gasteiger partial charge in [0, 0.05) is 52.7 Å². The molecule has 1 aliphatic heterocycles. The number of aryl methyl sites for hydroxylation is 1. The third-order valence-electron chi connectivity index (χ3n) is 4.51. The van der Waals surface area contributed by atoms with Crippen molar-refractivity contribution in [2.24, 2.45) is 12.0 Å². The lowest BCUT2D eigenvalue weighted by Crippen LogP contribution is -2.43. The summed E-state index contributed by atoms with van der Waals surface area (Å²) in [5.41, 5.74) is 1.03. The van der Waals surface area contributed by atoms with E-state index in [-0.39, 0.29) is 18.4 Å². The fourth-order valence-corrected chi connectivity index (χ4v) is 4.21. The van der Waals surface area contributed by atoms with Crippen molar-refractivity contribution in [2.45, 2.75) is 31.9 Å². The second-order valence-electron chi connectivity index (χ2n) is 6.75. The van der Waals surface area contributed by atoms with Crippen LogP contribution in [0, 0.1) is 0 Å². The molecule has 2 heterocycles. The number of nitrogens with zero attached hydrogens (tertiary/aromatic N) is 3. The summed E-state index contributed by atoms with van der Waals surface area (Å²) < 4.78 is 34.5. The number of guanidine groups is 1. The molecule has 27 heavy (non-hydrogen) atoms. The molecule has 1 saturated heterocycles. The zero-order valence-electron chi connectivity index (χ0n) is 16.2. The summed E-state index contributed by atoms with van der Waals surface area (Å²) in [4.78, 5) is 6.13. The molecule has 1 aromatic heterocycles. The van der Waals surface area contributed by atoms with E-state index in [0.717, 1.165) is 25.0 Å². The number of rotatable bonds is 8. The minimum Gasteiger partial charge on any atom is -0.377 e. The van der Waals surface area contributed by atoms with Gasteiger partial charge in [0.1, 0.15) is 0 Å². The number of hydrogen-bond donors (Lipinski definition) is 2. The molecule has 0 saturated carbocycles. The van der Waals surface area contributed by atoms with Crippen molar-refractivity contribution in [2.75, 3.05) is 39.5 Å². The van der Waals surface area contributed by atoms with Gasteiger partial charge in [0.15, 0.2) is 5.96 Å². The molecule has 1 aliphatic rings. The first-order chi connectivity index (χ1) is 12.8. The van der Waals surface area contributed by atoms with Gasteiger partial charge in [-0.2, -0.15) is 0 Å². The maximum absolute atomic E-state index is 12.2. The molecule has 8 nitrogen and oxygen atoms in total. The quantitative estimate of drug-likeness (QED) is 0.488. The largest absolute Gasteiger partial charge is 0.377 e. The van der Waals surface area contributed by atoms with Gasteiger partial charge in [-0.05, 0) is 25.3 Å². The van der Waals surface area contributed by atoms with E-state index in [4.69, 9.17) is 16.3 Å². The van der Waals surface area contributed by atoms with Crippen LogP contribution in [0.5, 0.6) is 0 Å². The minimum atomic E-state index is -3.36. The first-order valence-electron chi connectivity index (χ1n) is 9.12. The molecule has 0 spiro atoms. The average Bonchev–Trinajstić information content (AvgIpc) is 2.95. The van der Waals surface area contributed by atoms with Crippen molar-refractivity contribution >= 4 is 27.6 Å². The third-order valence-corrected chi connectivity index (χ3v) is 6.06. The number of aliphatic imine (C=N–C) groups is 1. The summed E-state index contributed by atoms with van der Waals surface area (Å²) >= 11 is 6.01. The Hall–Kier alpha value is -1.29. The molecule has 2 rings (SSSR count). The van der Waals surface area contributed by atoms with Crippen molar-refractivity contribution < 1.29 is 13.2 Å². The summed E-state index contributed by atoms with van der Waals surface area (Å²) in [7, 11) is 2.13. The van der Waals surface area contributed by atoms with Crippen molar-refractivity contribution in [1.82, 2.24) is 19.5 Å². The first-order valence-corrected chi connectivity index (χ1v) is 11.1. The van der Waals surface area contributed by atoms with E-state index in [1.165, 1.54) is 0 Å². The topological polar surface area (TPSA) is 88.0 Å². The van der Waals surface area contributed by atoms with E-state index in [0.29, 0.717) is 30.7 Å². The second-order valence-corrected chi connectivity index (χ2v) is 9.11. The van der Waals surface area contributed by atoms with Gasteiger partial charge in [-0.15, -0.1) is 0 Å². The zero-order valence-corrected chi connectivity index (χ0v) is 17.8. The maximum atomic E-state index is 12.2. The van der Waals surface area contributed by atoms with Crippen LogP contribution in [0.1, 0.15) is 25.0 Å². The highest BCUT2D eigenvalue weighted by atomic mass is 35.5. The highest BCUT2D eigenvalue weighted by Crippen LogP contribution is 2.14. The van der Waals surface area contributed by atoms with E-state index in [1.54, 1.807) is 7.05 Å². The predicted octanol–water partition coefficient (Wildman–Crippen LogP) is 1.17. The number of nitrogens with one attached hydrogen (secondary N) is 2. The smallest absolute Gasteiger partial charge is 0.213 e. The van der Waals surface area contributed by atoms with Gasteiger partial charge in [-0.3, -0.25) is 4.99 Å². The summed E-state index contributed by atoms with van der Waals surface area (Å²) in [5, 5.41) is 3.78. The van der Waals surface area contributed by atoms with Crippen molar-refractivity contribution in [3.8, 4) is 0 Å². The molecule has 1 fully saturated rings. The molecule has 154 valence electrons. The van der Waals surface area contributed by atoms with Crippen LogP contribution in [0.25, 0.3) is 0 Å². The van der Waals surface area contributed by atoms with Crippen molar-refractivity contribution in [1.29, 1.82) is 0 Å². The van der Waals surface area contributed by atoms with Crippen LogP contribution >= 0.6 is 11.6 Å². The number of ether oxygens (including phenoxy) is 1. The molecule has 0 aliphatic carbocycles. The van der Waals surface area contributed by atoms with E-state index in [1.807, 2.05) is 35.8 Å². The van der Waals surface area contributed by atoms with Gasteiger partial charge in [-0.1, -0.05) is 11.6 Å². The van der Waals surface area contributed by atoms with E-state index in [9.17, 15) is 8.42 Å². The molecule has 1 atom stereocenters. The number of sulfonamides is 1. The summed E-state index contributed by atoms with van der Waals surface area (Å²) in [5.74, 6) is 0.598. The molecule has 0 radical (unpaired) electrons. The minimum absolute atomic E-state index is 0.0162. The van der Waals surface area contributed by atoms with E-state index < -0.39 is 10.0 Å². The fraction of sp³-hybridized carbons (Fsp3) is 0.706. The number of hydrogen-bond acceptors (Lipinski definition) is 4. The Bertz CT molecular complexity index is 729. The highest BCUT2D eigenvalue weighted by molar-refractivity contribution is 7.89. The van der Waals surface area contributed by atoms with E-state index in [2.05, 4.69) is 15.0 Å². The Kier molecular flexibility index (Phi) is 8.40. The van der Waals surface area contributed by atoms with Crippen molar-refractivity contribution in [3.63, 3.8) is 0 Å². The number of halogens is 1. The summed E-state index contributed by atoms with van der Waals surface area (Å²) in [6.07, 6.45) is 4.87. The Morgan fingerprint density at radius 3 is 2.85 bits per heavy atom. The van der Waals surface area contributed by atoms with Crippen LogP contribution in [-0.4, -0.2) is 69.5 Å². The van der Waals surface area contributed by atoms with Crippen LogP contribution in [0.4, 0.5) is 0 Å². The maximum Gasteiger partial charge on any atom is 0.213 e. The molecule has 0 amide bonds. The normalized spacial score (nSPS) is 18.5. The molecule has 1 unspecified atom stereocenters. The lowest BCUT2D eigenvalue weighted by atomic mass is 10.1. The SMILES string of the molecule is CN=C(NCCS(=O)(=O)NCC1CCCCO1)N(C)Cc1cc(Cl)cn1C. The van der Waals surface area contributed by atoms with Crippen LogP contribution in [0.15, 0.2) is 17.3 Å². The lowest BCUT2D eigenvalue weighted by Gasteiger charge is -2.23. The monoisotopic (exact) mass is 419 g/mol. The third kappa shape index (κ3) is 7.33. The standard InChI is InChI=1S/C17H30ClN5O3S/c1-19-17(23(3)13-15-10-14(18)12-22(15)2)20-7-9-27(24,25)21-11-16-6-4-5-8-26-16/h10,12,16,21H,4-9,11,13H2,1-3H3,(H,19,20). The average molecular weight is 420 g/mol. The lowest BCUT2D eigenvalue weighted by molar-refractivity contribution is 0.0200. The van der Waals surface area contributed by atoms with Gasteiger partial charge in [0.2, 0.25) is 10.0 Å². The van der Waals surface area contributed by atoms with Crippen molar-refractivity contribution in [3.05, 3.63) is 23.0 Å². The molecule has 0 aromatic carbocycles. The predicted molar refractivity (Wildman–Crippen MR) is 109 cm³/mol. The fourth-order valence-electron chi connectivity index (χ4n) is 2.98. The molecule has 2 N–H and O–H groups in total. The van der Waals surface area contributed by atoms with Crippen LogP contribution in [0.2, 0.25) is 5.02 Å². The molecular formula is C17H30ClN5O3S. The van der Waals surface area contributed by atoms with E-state index >= 15 is 0 Å². The molecular weight excluding hydrogens is 390 g/mol.